The molecule has 0 aliphatic carbocycles. The summed E-state index contributed by atoms with van der Waals surface area (Å²) in [6.45, 7) is 7.32. The van der Waals surface area contributed by atoms with Crippen LogP contribution in [0.3, 0.4) is 0 Å². The Morgan fingerprint density at radius 1 is 1.43 bits per heavy atom. The third kappa shape index (κ3) is 3.27. The fourth-order valence-corrected chi connectivity index (χ4v) is 2.80. The Hall–Kier alpha value is -1.44. The van der Waals surface area contributed by atoms with Crippen molar-refractivity contribution in [3.8, 4) is 0 Å². The fourth-order valence-electron chi connectivity index (χ4n) is 2.59. The Balaban J connectivity index is 1.92. The number of anilines is 1. The first-order valence-electron chi connectivity index (χ1n) is 7.91. The van der Waals surface area contributed by atoms with Gasteiger partial charge in [-0.3, -0.25) is 0 Å². The summed E-state index contributed by atoms with van der Waals surface area (Å²) in [5.41, 5.74) is 0.687. The number of hydrogen-bond acceptors (Lipinski definition) is 6. The summed E-state index contributed by atoms with van der Waals surface area (Å²) in [5, 5.41) is 18.1. The monoisotopic (exact) mass is 339 g/mol. The molecule has 1 fully saturated rings. The van der Waals surface area contributed by atoms with Gasteiger partial charge in [0.1, 0.15) is 11.3 Å². The van der Waals surface area contributed by atoms with Crippen molar-refractivity contribution in [1.29, 1.82) is 0 Å². The van der Waals surface area contributed by atoms with Crippen molar-refractivity contribution in [2.24, 2.45) is 5.92 Å². The van der Waals surface area contributed by atoms with Crippen LogP contribution in [-0.4, -0.2) is 50.0 Å². The normalized spacial score (nSPS) is 23.4. The minimum absolute atomic E-state index is 0.119. The van der Waals surface area contributed by atoms with Crippen LogP contribution in [0.2, 0.25) is 5.15 Å². The van der Waals surface area contributed by atoms with Crippen molar-refractivity contribution in [2.45, 2.75) is 45.3 Å². The van der Waals surface area contributed by atoms with Crippen LogP contribution < -0.4 is 5.32 Å². The maximum Gasteiger partial charge on any atom is 0.241 e. The maximum absolute atomic E-state index is 9.98. The topological polar surface area (TPSA) is 84.6 Å². The van der Waals surface area contributed by atoms with Crippen molar-refractivity contribution >= 4 is 23.1 Å². The number of halogens is 1. The molecule has 1 aliphatic heterocycles. The number of fused-ring (bicyclic) bond motifs is 1. The number of hydrogen-bond donors (Lipinski definition) is 2. The van der Waals surface area contributed by atoms with Crippen molar-refractivity contribution < 1.29 is 9.84 Å². The summed E-state index contributed by atoms with van der Waals surface area (Å²) in [4.78, 5) is 8.74. The third-order valence-corrected chi connectivity index (χ3v) is 4.70. The molecule has 1 aliphatic rings. The third-order valence-electron chi connectivity index (χ3n) is 4.42. The van der Waals surface area contributed by atoms with Crippen LogP contribution in [0.25, 0.3) is 5.52 Å². The van der Waals surface area contributed by atoms with Gasteiger partial charge in [-0.2, -0.15) is 0 Å². The van der Waals surface area contributed by atoms with Gasteiger partial charge in [0, 0.05) is 12.5 Å². The molecule has 3 rings (SSSR count). The van der Waals surface area contributed by atoms with Crippen molar-refractivity contribution in [3.63, 3.8) is 0 Å². The van der Waals surface area contributed by atoms with Gasteiger partial charge in [-0.25, -0.2) is 14.5 Å². The Morgan fingerprint density at radius 2 is 2.22 bits per heavy atom. The van der Waals surface area contributed by atoms with E-state index in [4.69, 9.17) is 16.3 Å². The van der Waals surface area contributed by atoms with Gasteiger partial charge < -0.3 is 15.2 Å². The quantitative estimate of drug-likeness (QED) is 0.887. The van der Waals surface area contributed by atoms with E-state index < -0.39 is 6.10 Å². The molecule has 3 unspecified atom stereocenters. The number of nitrogens with one attached hydrogen (secondary N) is 1. The molecule has 0 spiro atoms. The molecular formula is C15H22ClN5O2. The summed E-state index contributed by atoms with van der Waals surface area (Å²) in [5.74, 6) is 1.90. The van der Waals surface area contributed by atoms with E-state index in [1.807, 2.05) is 0 Å². The number of nitrogens with zero attached hydrogens (tertiary/aromatic N) is 4. The lowest BCUT2D eigenvalue weighted by molar-refractivity contribution is -0.0136. The van der Waals surface area contributed by atoms with Gasteiger partial charge >= 0.3 is 0 Å². The zero-order valence-corrected chi connectivity index (χ0v) is 14.3. The Morgan fingerprint density at radius 3 is 2.91 bits per heavy atom. The highest BCUT2D eigenvalue weighted by atomic mass is 35.5. The highest BCUT2D eigenvalue weighted by molar-refractivity contribution is 6.32. The van der Waals surface area contributed by atoms with Gasteiger partial charge in [-0.05, 0) is 12.3 Å². The number of aliphatic hydroxyl groups excluding tert-OH is 1. The highest BCUT2D eigenvalue weighted by Crippen LogP contribution is 2.27. The molecule has 0 bridgehead atoms. The molecule has 1 saturated heterocycles. The van der Waals surface area contributed by atoms with Gasteiger partial charge in [-0.15, -0.1) is 5.10 Å². The summed E-state index contributed by atoms with van der Waals surface area (Å²) in [6, 6.07) is -0.119. The van der Waals surface area contributed by atoms with Crippen LogP contribution in [0.5, 0.6) is 0 Å². The highest BCUT2D eigenvalue weighted by Gasteiger charge is 2.25. The molecule has 0 aromatic carbocycles. The lowest BCUT2D eigenvalue weighted by Gasteiger charge is -2.28. The average molecular weight is 340 g/mol. The predicted octanol–water partition coefficient (Wildman–Crippen LogP) is 2.10. The molecule has 126 valence electrons. The van der Waals surface area contributed by atoms with Crippen LogP contribution in [0.15, 0.2) is 6.20 Å². The predicted molar refractivity (Wildman–Crippen MR) is 87.9 cm³/mol. The lowest BCUT2D eigenvalue weighted by atomic mass is 9.98. The van der Waals surface area contributed by atoms with E-state index in [1.165, 1.54) is 0 Å². The molecule has 3 atom stereocenters. The van der Waals surface area contributed by atoms with Crippen LogP contribution in [0, 0.1) is 5.92 Å². The largest absolute Gasteiger partial charge is 0.389 e. The van der Waals surface area contributed by atoms with E-state index in [-0.39, 0.29) is 12.0 Å². The van der Waals surface area contributed by atoms with E-state index in [9.17, 15) is 5.11 Å². The number of aromatic nitrogens is 4. The smallest absolute Gasteiger partial charge is 0.241 e. The number of rotatable bonds is 4. The van der Waals surface area contributed by atoms with E-state index in [1.54, 1.807) is 10.7 Å². The van der Waals surface area contributed by atoms with Gasteiger partial charge in [0.15, 0.2) is 5.15 Å². The Labute approximate surface area is 140 Å². The van der Waals surface area contributed by atoms with Crippen molar-refractivity contribution in [2.75, 3.05) is 18.5 Å². The van der Waals surface area contributed by atoms with Crippen LogP contribution >= 0.6 is 11.6 Å². The van der Waals surface area contributed by atoms with Crippen molar-refractivity contribution in [3.05, 3.63) is 17.2 Å². The number of ether oxygens (including phenoxy) is 1. The SMILES string of the molecule is CC(C)C(C)c1nc(Cl)c2cnc(NC3CCOCC3O)nn12. The van der Waals surface area contributed by atoms with Crippen LogP contribution in [0.1, 0.15) is 38.9 Å². The van der Waals surface area contributed by atoms with Crippen LogP contribution in [0.4, 0.5) is 5.95 Å². The molecule has 2 aromatic rings. The maximum atomic E-state index is 9.98. The molecule has 8 heteroatoms. The second-order valence-corrected chi connectivity index (χ2v) is 6.71. The molecule has 7 nitrogen and oxygen atoms in total. The number of imidazole rings is 1. The zero-order chi connectivity index (χ0) is 16.6. The molecule has 0 saturated carbocycles. The summed E-state index contributed by atoms with van der Waals surface area (Å²) < 4.78 is 6.98. The average Bonchev–Trinajstić information content (AvgIpc) is 2.85. The van der Waals surface area contributed by atoms with E-state index in [0.29, 0.717) is 42.2 Å². The summed E-state index contributed by atoms with van der Waals surface area (Å²) >= 11 is 6.21. The fraction of sp³-hybridized carbons (Fsp3) is 0.667. The first-order chi connectivity index (χ1) is 11.0. The van der Waals surface area contributed by atoms with Gasteiger partial charge in [0.25, 0.3) is 0 Å². The second kappa shape index (κ2) is 6.59. The standard InChI is InChI=1S/C15H22ClN5O2/c1-8(2)9(3)14-19-13(16)11-6-17-15(20-21(11)14)18-10-4-5-23-7-12(10)22/h6,8-10,12,22H,4-5,7H2,1-3H3,(H,18,20). The lowest BCUT2D eigenvalue weighted by Crippen LogP contribution is -2.42. The molecule has 0 radical (unpaired) electrons. The minimum Gasteiger partial charge on any atom is -0.389 e. The van der Waals surface area contributed by atoms with Gasteiger partial charge in [0.05, 0.1) is 24.9 Å². The molecular weight excluding hydrogens is 318 g/mol. The molecule has 23 heavy (non-hydrogen) atoms. The Bertz CT molecular complexity index is 690. The minimum atomic E-state index is -0.566. The van der Waals surface area contributed by atoms with E-state index in [2.05, 4.69) is 41.2 Å². The van der Waals surface area contributed by atoms with Crippen molar-refractivity contribution in [1.82, 2.24) is 19.6 Å². The summed E-state index contributed by atoms with van der Waals surface area (Å²) in [7, 11) is 0. The van der Waals surface area contributed by atoms with Crippen LogP contribution in [-0.2, 0) is 4.74 Å². The molecule has 0 amide bonds. The second-order valence-electron chi connectivity index (χ2n) is 6.35. The Kier molecular flexibility index (Phi) is 4.70. The van der Waals surface area contributed by atoms with Gasteiger partial charge in [-0.1, -0.05) is 32.4 Å². The number of aliphatic hydroxyl groups is 1. The van der Waals surface area contributed by atoms with E-state index >= 15 is 0 Å². The molecule has 3 heterocycles. The molecule has 2 N–H and O–H groups in total. The summed E-state index contributed by atoms with van der Waals surface area (Å²) in [6.07, 6.45) is 1.80. The zero-order valence-electron chi connectivity index (χ0n) is 13.5. The molecule has 2 aromatic heterocycles. The first-order valence-corrected chi connectivity index (χ1v) is 8.28. The van der Waals surface area contributed by atoms with E-state index in [0.717, 1.165) is 5.82 Å². The van der Waals surface area contributed by atoms with Gasteiger partial charge in [0.2, 0.25) is 5.95 Å². The first kappa shape index (κ1) is 16.4.